The van der Waals surface area contributed by atoms with E-state index in [1.54, 1.807) is 4.90 Å². The van der Waals surface area contributed by atoms with Crippen molar-refractivity contribution in [1.82, 2.24) is 25.4 Å². The molecule has 1 aromatic rings. The average Bonchev–Trinajstić information content (AvgIpc) is 3.13. The van der Waals surface area contributed by atoms with E-state index in [2.05, 4.69) is 20.5 Å². The highest BCUT2D eigenvalue weighted by Crippen LogP contribution is 2.41. The largest absolute Gasteiger partial charge is 0.481 e. The normalized spacial score (nSPS) is 29.4. The maximum Gasteiger partial charge on any atom is 0.318 e. The van der Waals surface area contributed by atoms with Crippen molar-refractivity contribution in [3.8, 4) is 0 Å². The highest BCUT2D eigenvalue weighted by Gasteiger charge is 2.51. The second-order valence-electron chi connectivity index (χ2n) is 5.43. The summed E-state index contributed by atoms with van der Waals surface area (Å²) in [5.74, 6) is -0.655. The fourth-order valence-electron chi connectivity index (χ4n) is 3.32. The van der Waals surface area contributed by atoms with E-state index in [1.165, 1.54) is 6.33 Å². The van der Waals surface area contributed by atoms with Gasteiger partial charge in [0, 0.05) is 12.1 Å². The first kappa shape index (κ1) is 12.9. The molecule has 3 N–H and O–H groups in total. The average molecular weight is 279 g/mol. The molecule has 0 aromatic carbocycles. The molecule has 3 rings (SSSR count). The molecule has 20 heavy (non-hydrogen) atoms. The number of H-pyrrole nitrogens is 1. The predicted molar refractivity (Wildman–Crippen MR) is 67.7 cm³/mol. The fraction of sp³-hybridized carbons (Fsp3) is 0.667. The summed E-state index contributed by atoms with van der Waals surface area (Å²) in [5, 5.41) is 18.5. The van der Waals surface area contributed by atoms with E-state index in [1.807, 2.05) is 6.92 Å². The van der Waals surface area contributed by atoms with Gasteiger partial charge in [-0.3, -0.25) is 9.89 Å². The topological polar surface area (TPSA) is 111 Å². The van der Waals surface area contributed by atoms with Crippen molar-refractivity contribution in [3.63, 3.8) is 0 Å². The van der Waals surface area contributed by atoms with E-state index in [9.17, 15) is 14.7 Å². The van der Waals surface area contributed by atoms with Gasteiger partial charge in [-0.15, -0.1) is 0 Å². The van der Waals surface area contributed by atoms with Crippen LogP contribution in [0.4, 0.5) is 4.79 Å². The molecule has 2 aliphatic heterocycles. The molecular weight excluding hydrogens is 262 g/mol. The van der Waals surface area contributed by atoms with E-state index in [4.69, 9.17) is 0 Å². The molecule has 4 unspecified atom stereocenters. The molecule has 2 amide bonds. The molecule has 0 radical (unpaired) electrons. The molecule has 2 bridgehead atoms. The number of urea groups is 1. The maximum atomic E-state index is 12.3. The summed E-state index contributed by atoms with van der Waals surface area (Å²) >= 11 is 0. The number of aromatic amines is 1. The monoisotopic (exact) mass is 279 g/mol. The van der Waals surface area contributed by atoms with Crippen LogP contribution in [-0.4, -0.2) is 49.3 Å². The highest BCUT2D eigenvalue weighted by molar-refractivity contribution is 5.79. The first-order chi connectivity index (χ1) is 9.58. The van der Waals surface area contributed by atoms with Crippen LogP contribution < -0.4 is 5.32 Å². The number of carboxylic acid groups (broad SMARTS) is 1. The van der Waals surface area contributed by atoms with Crippen LogP contribution in [0.3, 0.4) is 0 Å². The molecule has 108 valence electrons. The van der Waals surface area contributed by atoms with E-state index >= 15 is 0 Å². The molecule has 4 atom stereocenters. The van der Waals surface area contributed by atoms with Gasteiger partial charge < -0.3 is 15.3 Å². The SMILES string of the molecule is CC(NC(=O)N1C2CCC1C(C(=O)O)C2)c1ncn[nH]1. The number of rotatable bonds is 3. The predicted octanol–water partition coefficient (Wildman–Crippen LogP) is 0.513. The molecular formula is C12H17N5O3. The minimum atomic E-state index is -0.807. The Hall–Kier alpha value is -2.12. The van der Waals surface area contributed by atoms with E-state index in [0.29, 0.717) is 12.2 Å². The Morgan fingerprint density at radius 1 is 1.55 bits per heavy atom. The van der Waals surface area contributed by atoms with Crippen LogP contribution in [0.1, 0.15) is 38.1 Å². The smallest absolute Gasteiger partial charge is 0.318 e. The molecule has 8 heteroatoms. The number of carbonyl (C=O) groups is 2. The molecule has 2 saturated heterocycles. The molecule has 0 aliphatic carbocycles. The summed E-state index contributed by atoms with van der Waals surface area (Å²) in [6.45, 7) is 1.81. The third-order valence-corrected chi connectivity index (χ3v) is 4.27. The van der Waals surface area contributed by atoms with Crippen LogP contribution in [0, 0.1) is 5.92 Å². The lowest BCUT2D eigenvalue weighted by molar-refractivity contribution is -0.142. The lowest BCUT2D eigenvalue weighted by Crippen LogP contribution is -2.45. The van der Waals surface area contributed by atoms with Gasteiger partial charge in [-0.25, -0.2) is 9.78 Å². The van der Waals surface area contributed by atoms with Crippen molar-refractivity contribution in [2.75, 3.05) is 0 Å². The van der Waals surface area contributed by atoms with Gasteiger partial charge in [-0.2, -0.15) is 5.10 Å². The van der Waals surface area contributed by atoms with Crippen molar-refractivity contribution in [2.45, 2.75) is 44.3 Å². The lowest BCUT2D eigenvalue weighted by Gasteiger charge is -2.25. The molecule has 3 heterocycles. The maximum absolute atomic E-state index is 12.3. The van der Waals surface area contributed by atoms with Gasteiger partial charge in [0.2, 0.25) is 0 Å². The Kier molecular flexibility index (Phi) is 3.07. The van der Waals surface area contributed by atoms with Gasteiger partial charge in [0.05, 0.1) is 12.0 Å². The van der Waals surface area contributed by atoms with Gasteiger partial charge in [-0.1, -0.05) is 0 Å². The van der Waals surface area contributed by atoms with Gasteiger partial charge in [0.15, 0.2) is 0 Å². The number of aliphatic carboxylic acids is 1. The molecule has 2 aliphatic rings. The van der Waals surface area contributed by atoms with Gasteiger partial charge in [-0.05, 0) is 26.2 Å². The summed E-state index contributed by atoms with van der Waals surface area (Å²) in [7, 11) is 0. The zero-order chi connectivity index (χ0) is 14.3. The van der Waals surface area contributed by atoms with Crippen LogP contribution in [0.15, 0.2) is 6.33 Å². The Morgan fingerprint density at radius 3 is 2.95 bits per heavy atom. The van der Waals surface area contributed by atoms with E-state index in [0.717, 1.165) is 12.8 Å². The zero-order valence-electron chi connectivity index (χ0n) is 11.1. The molecule has 0 spiro atoms. The van der Waals surface area contributed by atoms with Crippen LogP contribution in [0.2, 0.25) is 0 Å². The first-order valence-corrected chi connectivity index (χ1v) is 6.75. The van der Waals surface area contributed by atoms with Crippen molar-refractivity contribution in [1.29, 1.82) is 0 Å². The number of carboxylic acids is 1. The van der Waals surface area contributed by atoms with Gasteiger partial charge in [0.25, 0.3) is 0 Å². The number of nitrogens with zero attached hydrogens (tertiary/aromatic N) is 3. The fourth-order valence-corrected chi connectivity index (χ4v) is 3.32. The standard InChI is InChI=1S/C12H17N5O3/c1-6(10-13-5-14-16-10)15-12(20)17-7-2-3-9(17)8(4-7)11(18)19/h5-9H,2-4H2,1H3,(H,15,20)(H,18,19)(H,13,14,16). The van der Waals surface area contributed by atoms with Gasteiger partial charge >= 0.3 is 12.0 Å². The molecule has 8 nitrogen and oxygen atoms in total. The Labute approximate surface area is 115 Å². The first-order valence-electron chi connectivity index (χ1n) is 6.75. The quantitative estimate of drug-likeness (QED) is 0.746. The number of hydrogen-bond acceptors (Lipinski definition) is 4. The number of hydrogen-bond donors (Lipinski definition) is 3. The van der Waals surface area contributed by atoms with Crippen molar-refractivity contribution in [2.24, 2.45) is 5.92 Å². The lowest BCUT2D eigenvalue weighted by atomic mass is 9.89. The summed E-state index contributed by atoms with van der Waals surface area (Å²) in [6, 6.07) is -0.638. The van der Waals surface area contributed by atoms with Crippen LogP contribution >= 0.6 is 0 Å². The van der Waals surface area contributed by atoms with E-state index < -0.39 is 11.9 Å². The minimum absolute atomic E-state index is 0.0445. The highest BCUT2D eigenvalue weighted by atomic mass is 16.4. The van der Waals surface area contributed by atoms with Crippen LogP contribution in [0.25, 0.3) is 0 Å². The molecule has 1 aromatic heterocycles. The van der Waals surface area contributed by atoms with E-state index in [-0.39, 0.29) is 24.2 Å². The van der Waals surface area contributed by atoms with Crippen molar-refractivity contribution >= 4 is 12.0 Å². The second-order valence-corrected chi connectivity index (χ2v) is 5.43. The van der Waals surface area contributed by atoms with Crippen molar-refractivity contribution < 1.29 is 14.7 Å². The molecule has 0 saturated carbocycles. The number of carbonyl (C=O) groups excluding carboxylic acids is 1. The second kappa shape index (κ2) is 4.77. The molecule has 2 fully saturated rings. The minimum Gasteiger partial charge on any atom is -0.481 e. The Balaban J connectivity index is 1.68. The summed E-state index contributed by atoms with van der Waals surface area (Å²) < 4.78 is 0. The number of nitrogens with one attached hydrogen (secondary N) is 2. The number of amides is 2. The number of aromatic nitrogens is 3. The summed E-state index contributed by atoms with van der Waals surface area (Å²) in [4.78, 5) is 29.2. The zero-order valence-corrected chi connectivity index (χ0v) is 11.1. The summed E-state index contributed by atoms with van der Waals surface area (Å²) in [5.41, 5.74) is 0. The third-order valence-electron chi connectivity index (χ3n) is 4.27. The number of fused-ring (bicyclic) bond motifs is 2. The summed E-state index contributed by atoms with van der Waals surface area (Å²) in [6.07, 6.45) is 3.60. The third kappa shape index (κ3) is 2.00. The Bertz CT molecular complexity index is 517. The van der Waals surface area contributed by atoms with Crippen LogP contribution in [-0.2, 0) is 4.79 Å². The van der Waals surface area contributed by atoms with Crippen molar-refractivity contribution in [3.05, 3.63) is 12.2 Å². The Morgan fingerprint density at radius 2 is 2.35 bits per heavy atom. The van der Waals surface area contributed by atoms with Crippen LogP contribution in [0.5, 0.6) is 0 Å². The van der Waals surface area contributed by atoms with Gasteiger partial charge in [0.1, 0.15) is 12.2 Å².